The number of carbonyl (C=O) groups excluding carboxylic acids is 2. The van der Waals surface area contributed by atoms with Crippen molar-refractivity contribution in [2.75, 3.05) is 24.0 Å². The topological polar surface area (TPSA) is 96.0 Å². The van der Waals surface area contributed by atoms with Gasteiger partial charge in [0.2, 0.25) is 11.8 Å². The molecule has 3 aromatic rings. The first-order valence-electron chi connectivity index (χ1n) is 13.4. The molecular weight excluding hydrogens is 585 g/mol. The molecule has 0 fully saturated rings. The van der Waals surface area contributed by atoms with Gasteiger partial charge < -0.3 is 15.0 Å². The molecular formula is C30H35Cl2N3O5S. The molecule has 0 spiro atoms. The molecule has 0 heterocycles. The summed E-state index contributed by atoms with van der Waals surface area (Å²) in [7, 11) is -4.17. The molecule has 0 aliphatic carbocycles. The molecule has 2 amide bonds. The van der Waals surface area contributed by atoms with E-state index in [0.29, 0.717) is 40.9 Å². The van der Waals surface area contributed by atoms with Crippen molar-refractivity contribution < 1.29 is 22.7 Å². The van der Waals surface area contributed by atoms with E-state index in [9.17, 15) is 18.0 Å². The van der Waals surface area contributed by atoms with Crippen molar-refractivity contribution in [1.29, 1.82) is 0 Å². The second-order valence-electron chi connectivity index (χ2n) is 9.19. The summed E-state index contributed by atoms with van der Waals surface area (Å²) in [6.45, 7) is 5.79. The van der Waals surface area contributed by atoms with Crippen molar-refractivity contribution >= 4 is 50.7 Å². The van der Waals surface area contributed by atoms with Gasteiger partial charge in [0.1, 0.15) is 18.3 Å². The van der Waals surface area contributed by atoms with Gasteiger partial charge in [-0.25, -0.2) is 8.42 Å². The lowest BCUT2D eigenvalue weighted by atomic mass is 10.1. The van der Waals surface area contributed by atoms with Gasteiger partial charge in [-0.15, -0.1) is 0 Å². The van der Waals surface area contributed by atoms with E-state index in [-0.39, 0.29) is 29.5 Å². The summed E-state index contributed by atoms with van der Waals surface area (Å²) in [4.78, 5) is 28.7. The van der Waals surface area contributed by atoms with Gasteiger partial charge in [-0.2, -0.15) is 0 Å². The van der Waals surface area contributed by atoms with E-state index in [2.05, 4.69) is 5.32 Å². The lowest BCUT2D eigenvalue weighted by Crippen LogP contribution is -2.52. The Morgan fingerprint density at radius 3 is 2.10 bits per heavy atom. The van der Waals surface area contributed by atoms with E-state index >= 15 is 0 Å². The van der Waals surface area contributed by atoms with Crippen LogP contribution in [0.15, 0.2) is 77.7 Å². The Kier molecular flexibility index (Phi) is 11.9. The summed E-state index contributed by atoms with van der Waals surface area (Å²) >= 11 is 12.9. The minimum absolute atomic E-state index is 0.0233. The number of sulfonamides is 1. The molecule has 3 rings (SSSR count). The highest BCUT2D eigenvalue weighted by molar-refractivity contribution is 7.92. The molecule has 0 saturated carbocycles. The van der Waals surface area contributed by atoms with E-state index in [4.69, 9.17) is 27.9 Å². The SMILES string of the molecule is CCCNC(=O)[C@H](CC)N(Cc1c(Cl)cccc1Cl)C(=O)CN(c1ccc(OCC)cc1)S(=O)(=O)c1ccccc1. The lowest BCUT2D eigenvalue weighted by molar-refractivity contribution is -0.140. The van der Waals surface area contributed by atoms with Crippen LogP contribution in [0.25, 0.3) is 0 Å². The number of anilines is 1. The van der Waals surface area contributed by atoms with Crippen LogP contribution in [0.4, 0.5) is 5.69 Å². The highest BCUT2D eigenvalue weighted by atomic mass is 35.5. The van der Waals surface area contributed by atoms with Crippen LogP contribution in [0.5, 0.6) is 5.75 Å². The van der Waals surface area contributed by atoms with Crippen LogP contribution in [-0.4, -0.2) is 50.9 Å². The van der Waals surface area contributed by atoms with Crippen LogP contribution in [0.1, 0.15) is 39.2 Å². The minimum Gasteiger partial charge on any atom is -0.494 e. The molecule has 41 heavy (non-hydrogen) atoms. The van der Waals surface area contributed by atoms with Gasteiger partial charge in [-0.05, 0) is 68.3 Å². The summed E-state index contributed by atoms with van der Waals surface area (Å²) in [6.07, 6.45) is 1.01. The Bertz CT molecular complexity index is 1400. The van der Waals surface area contributed by atoms with Crippen molar-refractivity contribution in [2.45, 2.75) is 51.1 Å². The number of hydrogen-bond donors (Lipinski definition) is 1. The summed E-state index contributed by atoms with van der Waals surface area (Å²) in [6, 6.07) is 18.4. The largest absolute Gasteiger partial charge is 0.494 e. The summed E-state index contributed by atoms with van der Waals surface area (Å²) in [5, 5.41) is 3.51. The Morgan fingerprint density at radius 2 is 1.54 bits per heavy atom. The smallest absolute Gasteiger partial charge is 0.264 e. The third-order valence-corrected chi connectivity index (χ3v) is 8.87. The first-order valence-corrected chi connectivity index (χ1v) is 15.6. The number of carbonyl (C=O) groups is 2. The van der Waals surface area contributed by atoms with Gasteiger partial charge >= 0.3 is 0 Å². The van der Waals surface area contributed by atoms with E-state index in [1.165, 1.54) is 17.0 Å². The maximum Gasteiger partial charge on any atom is 0.264 e. The van der Waals surface area contributed by atoms with Crippen molar-refractivity contribution in [1.82, 2.24) is 10.2 Å². The molecule has 0 bridgehead atoms. The van der Waals surface area contributed by atoms with Crippen molar-refractivity contribution in [2.24, 2.45) is 0 Å². The first kappa shape index (κ1) is 32.2. The molecule has 1 N–H and O–H groups in total. The van der Waals surface area contributed by atoms with E-state index in [1.54, 1.807) is 67.6 Å². The van der Waals surface area contributed by atoms with Gasteiger partial charge in [-0.1, -0.05) is 61.3 Å². The molecule has 11 heteroatoms. The normalized spacial score (nSPS) is 11.9. The maximum absolute atomic E-state index is 14.1. The first-order chi connectivity index (χ1) is 19.6. The molecule has 0 aromatic heterocycles. The third-order valence-electron chi connectivity index (χ3n) is 6.37. The quantitative estimate of drug-likeness (QED) is 0.242. The number of hydrogen-bond acceptors (Lipinski definition) is 5. The fourth-order valence-electron chi connectivity index (χ4n) is 4.26. The Balaban J connectivity index is 2.08. The van der Waals surface area contributed by atoms with Crippen LogP contribution in [-0.2, 0) is 26.2 Å². The van der Waals surface area contributed by atoms with Crippen LogP contribution in [0.3, 0.4) is 0 Å². The Labute approximate surface area is 252 Å². The number of benzene rings is 3. The van der Waals surface area contributed by atoms with Gasteiger partial charge in [-0.3, -0.25) is 13.9 Å². The zero-order chi connectivity index (χ0) is 30.0. The maximum atomic E-state index is 14.1. The third kappa shape index (κ3) is 8.15. The standard InChI is InChI=1S/C30H35Cl2N3O5S/c1-4-19-33-30(37)28(5-2)34(20-25-26(31)13-10-14-27(25)32)29(36)21-35(22-15-17-23(18-16-22)40-6-3)41(38,39)24-11-8-7-9-12-24/h7-18,28H,4-6,19-21H2,1-3H3,(H,33,37)/t28-/m0/s1. The zero-order valence-corrected chi connectivity index (χ0v) is 25.7. The number of nitrogens with one attached hydrogen (secondary N) is 1. The predicted molar refractivity (Wildman–Crippen MR) is 163 cm³/mol. The van der Waals surface area contributed by atoms with Gasteiger partial charge in [0, 0.05) is 28.7 Å². The average molecular weight is 621 g/mol. The molecule has 3 aromatic carbocycles. The van der Waals surface area contributed by atoms with Crippen molar-refractivity contribution in [3.63, 3.8) is 0 Å². The Hall–Kier alpha value is -3.27. The molecule has 0 unspecified atom stereocenters. The average Bonchev–Trinajstić information content (AvgIpc) is 2.97. The fourth-order valence-corrected chi connectivity index (χ4v) is 6.22. The molecule has 0 radical (unpaired) electrons. The molecule has 8 nitrogen and oxygen atoms in total. The van der Waals surface area contributed by atoms with Crippen LogP contribution in [0.2, 0.25) is 10.0 Å². The molecule has 0 aliphatic rings. The number of amides is 2. The highest BCUT2D eigenvalue weighted by Crippen LogP contribution is 2.29. The molecule has 0 aliphatic heterocycles. The van der Waals surface area contributed by atoms with Gasteiger partial charge in [0.25, 0.3) is 10.0 Å². The predicted octanol–water partition coefficient (Wildman–Crippen LogP) is 5.92. The number of rotatable bonds is 14. The number of nitrogens with zero attached hydrogens (tertiary/aromatic N) is 2. The van der Waals surface area contributed by atoms with Crippen LogP contribution < -0.4 is 14.4 Å². The van der Waals surface area contributed by atoms with E-state index in [0.717, 1.165) is 4.31 Å². The van der Waals surface area contributed by atoms with Gasteiger partial charge in [0.15, 0.2) is 0 Å². The summed E-state index contributed by atoms with van der Waals surface area (Å²) in [5.41, 5.74) is 0.731. The van der Waals surface area contributed by atoms with Gasteiger partial charge in [0.05, 0.1) is 17.2 Å². The molecule has 0 saturated heterocycles. The van der Waals surface area contributed by atoms with E-state index < -0.39 is 28.5 Å². The van der Waals surface area contributed by atoms with E-state index in [1.807, 2.05) is 13.8 Å². The van der Waals surface area contributed by atoms with Crippen LogP contribution >= 0.6 is 23.2 Å². The lowest BCUT2D eigenvalue weighted by Gasteiger charge is -2.33. The van der Waals surface area contributed by atoms with Crippen LogP contribution in [0, 0.1) is 0 Å². The highest BCUT2D eigenvalue weighted by Gasteiger charge is 2.34. The second kappa shape index (κ2) is 15.1. The van der Waals surface area contributed by atoms with Crippen molar-refractivity contribution in [3.05, 3.63) is 88.4 Å². The molecule has 220 valence electrons. The summed E-state index contributed by atoms with van der Waals surface area (Å²) in [5.74, 6) is -0.370. The molecule has 1 atom stereocenters. The number of ether oxygens (including phenoxy) is 1. The zero-order valence-electron chi connectivity index (χ0n) is 23.3. The monoisotopic (exact) mass is 619 g/mol. The number of halogens is 2. The Morgan fingerprint density at radius 1 is 0.902 bits per heavy atom. The second-order valence-corrected chi connectivity index (χ2v) is 11.9. The fraction of sp³-hybridized carbons (Fsp3) is 0.333. The van der Waals surface area contributed by atoms with Crippen molar-refractivity contribution in [3.8, 4) is 5.75 Å². The summed E-state index contributed by atoms with van der Waals surface area (Å²) < 4.78 is 34.3. The minimum atomic E-state index is -4.17.